The molecule has 0 bridgehead atoms. The molecule has 0 aromatic heterocycles. The number of nitrogens with zero attached hydrogens (tertiary/aromatic N) is 2. The summed E-state index contributed by atoms with van der Waals surface area (Å²) in [5.74, 6) is 0.229. The van der Waals surface area contributed by atoms with Crippen LogP contribution in [0.2, 0.25) is 0 Å². The number of anilines is 1. The second-order valence-corrected chi connectivity index (χ2v) is 9.74. The number of aryl methyl sites for hydroxylation is 2. The van der Waals surface area contributed by atoms with Crippen molar-refractivity contribution >= 4 is 5.69 Å². The van der Waals surface area contributed by atoms with Crippen LogP contribution in [0, 0.1) is 19.7 Å². The summed E-state index contributed by atoms with van der Waals surface area (Å²) in [6.07, 6.45) is 1.34. The van der Waals surface area contributed by atoms with Gasteiger partial charge in [0.2, 0.25) is 0 Å². The Kier molecular flexibility index (Phi) is 7.24. The third kappa shape index (κ3) is 6.23. The SMILES string of the molecule is Cc1cccc(N2CCC(O)(CN3CCOCC(O)(COc4ccc(F)c(C)c4)C3)CC2)c1. The number of piperidine rings is 1. The number of halogens is 1. The summed E-state index contributed by atoms with van der Waals surface area (Å²) in [5.41, 5.74) is 0.910. The van der Waals surface area contributed by atoms with Crippen molar-refractivity contribution in [1.29, 1.82) is 0 Å². The van der Waals surface area contributed by atoms with E-state index in [0.29, 0.717) is 50.4 Å². The third-order valence-electron chi connectivity index (χ3n) is 6.66. The van der Waals surface area contributed by atoms with Crippen LogP contribution in [0.1, 0.15) is 24.0 Å². The lowest BCUT2D eigenvalue weighted by atomic mass is 9.90. The molecule has 4 rings (SSSR count). The molecule has 2 fully saturated rings. The molecular weight excluding hydrogens is 423 g/mol. The van der Waals surface area contributed by atoms with E-state index in [1.165, 1.54) is 17.3 Å². The van der Waals surface area contributed by atoms with Crippen LogP contribution in [0.3, 0.4) is 0 Å². The van der Waals surface area contributed by atoms with E-state index in [1.54, 1.807) is 19.1 Å². The molecular formula is C26H35FN2O4. The van der Waals surface area contributed by atoms with E-state index in [0.717, 1.165) is 13.1 Å². The molecule has 33 heavy (non-hydrogen) atoms. The molecule has 7 heteroatoms. The van der Waals surface area contributed by atoms with Crippen LogP contribution in [0.4, 0.5) is 10.1 Å². The first-order valence-electron chi connectivity index (χ1n) is 11.7. The zero-order chi connectivity index (χ0) is 23.5. The minimum atomic E-state index is -1.21. The predicted molar refractivity (Wildman–Crippen MR) is 126 cm³/mol. The van der Waals surface area contributed by atoms with Gasteiger partial charge in [-0.05, 0) is 68.1 Å². The van der Waals surface area contributed by atoms with Crippen LogP contribution in [0.15, 0.2) is 42.5 Å². The van der Waals surface area contributed by atoms with Gasteiger partial charge in [-0.15, -0.1) is 0 Å². The van der Waals surface area contributed by atoms with Gasteiger partial charge in [0.25, 0.3) is 0 Å². The molecule has 180 valence electrons. The fourth-order valence-electron chi connectivity index (χ4n) is 4.72. The molecule has 0 amide bonds. The maximum Gasteiger partial charge on any atom is 0.134 e. The van der Waals surface area contributed by atoms with Crippen molar-refractivity contribution in [2.75, 3.05) is 57.4 Å². The van der Waals surface area contributed by atoms with E-state index >= 15 is 0 Å². The first-order valence-corrected chi connectivity index (χ1v) is 11.7. The maximum absolute atomic E-state index is 13.5. The summed E-state index contributed by atoms with van der Waals surface area (Å²) < 4.78 is 25.0. The van der Waals surface area contributed by atoms with Crippen molar-refractivity contribution in [3.05, 3.63) is 59.4 Å². The summed E-state index contributed by atoms with van der Waals surface area (Å²) in [6, 6.07) is 13.0. The molecule has 2 aromatic carbocycles. The Hall–Kier alpha value is -2.19. The van der Waals surface area contributed by atoms with E-state index in [9.17, 15) is 14.6 Å². The lowest BCUT2D eigenvalue weighted by Gasteiger charge is -2.42. The van der Waals surface area contributed by atoms with Crippen LogP contribution >= 0.6 is 0 Å². The van der Waals surface area contributed by atoms with Gasteiger partial charge in [0.1, 0.15) is 23.8 Å². The zero-order valence-corrected chi connectivity index (χ0v) is 19.6. The molecule has 2 saturated heterocycles. The molecule has 2 aromatic rings. The van der Waals surface area contributed by atoms with Gasteiger partial charge in [0, 0.05) is 38.4 Å². The average Bonchev–Trinajstić information content (AvgIpc) is 2.96. The number of rotatable bonds is 6. The molecule has 0 spiro atoms. The van der Waals surface area contributed by atoms with E-state index in [2.05, 4.69) is 41.0 Å². The van der Waals surface area contributed by atoms with Crippen molar-refractivity contribution in [3.8, 4) is 5.75 Å². The second-order valence-electron chi connectivity index (χ2n) is 9.74. The predicted octanol–water partition coefficient (Wildman–Crippen LogP) is 2.92. The number of hydrogen-bond donors (Lipinski definition) is 2. The lowest BCUT2D eigenvalue weighted by molar-refractivity contribution is -0.0742. The quantitative estimate of drug-likeness (QED) is 0.694. The Morgan fingerprint density at radius 3 is 2.55 bits per heavy atom. The Labute approximate surface area is 195 Å². The molecule has 2 heterocycles. The third-order valence-corrected chi connectivity index (χ3v) is 6.66. The van der Waals surface area contributed by atoms with Gasteiger partial charge in [-0.25, -0.2) is 4.39 Å². The number of aliphatic hydroxyl groups is 2. The first kappa shape index (κ1) is 24.0. The van der Waals surface area contributed by atoms with Crippen molar-refractivity contribution in [1.82, 2.24) is 4.90 Å². The highest BCUT2D eigenvalue weighted by molar-refractivity contribution is 5.48. The monoisotopic (exact) mass is 458 g/mol. The van der Waals surface area contributed by atoms with Crippen LogP contribution in [-0.4, -0.2) is 78.9 Å². The minimum absolute atomic E-state index is 0.0359. The first-order chi connectivity index (χ1) is 15.7. The van der Waals surface area contributed by atoms with Gasteiger partial charge >= 0.3 is 0 Å². The fourth-order valence-corrected chi connectivity index (χ4v) is 4.72. The summed E-state index contributed by atoms with van der Waals surface area (Å²) in [7, 11) is 0. The number of β-amino-alcohol motifs (C(OH)–C–C–N with tert-alkyl or cyclic N) is 2. The normalized spacial score (nSPS) is 23.8. The smallest absolute Gasteiger partial charge is 0.134 e. The molecule has 0 radical (unpaired) electrons. The van der Waals surface area contributed by atoms with Gasteiger partial charge in [-0.1, -0.05) is 12.1 Å². The highest BCUT2D eigenvalue weighted by Gasteiger charge is 2.39. The zero-order valence-electron chi connectivity index (χ0n) is 19.6. The Balaban J connectivity index is 1.34. The highest BCUT2D eigenvalue weighted by atomic mass is 19.1. The van der Waals surface area contributed by atoms with Crippen LogP contribution < -0.4 is 9.64 Å². The lowest BCUT2D eigenvalue weighted by Crippen LogP contribution is -2.55. The summed E-state index contributed by atoms with van der Waals surface area (Å²) in [4.78, 5) is 4.40. The van der Waals surface area contributed by atoms with Crippen molar-refractivity contribution < 1.29 is 24.1 Å². The average molecular weight is 459 g/mol. The van der Waals surface area contributed by atoms with Gasteiger partial charge in [0.05, 0.1) is 18.8 Å². The van der Waals surface area contributed by atoms with Crippen molar-refractivity contribution in [2.45, 2.75) is 37.9 Å². The van der Waals surface area contributed by atoms with Crippen LogP contribution in [0.5, 0.6) is 5.75 Å². The molecule has 6 nitrogen and oxygen atoms in total. The van der Waals surface area contributed by atoms with Crippen molar-refractivity contribution in [2.24, 2.45) is 0 Å². The maximum atomic E-state index is 13.5. The van der Waals surface area contributed by atoms with Crippen LogP contribution in [-0.2, 0) is 4.74 Å². The molecule has 2 aliphatic rings. The standard InChI is InChI=1S/C26H35FN2O4/c1-20-4-3-5-22(14-20)29-10-8-25(30,9-11-29)16-28-12-13-32-18-26(31,17-28)19-33-23-6-7-24(27)21(2)15-23/h3-7,14-15,30-31H,8-13,16-19H2,1-2H3. The second kappa shape index (κ2) is 9.97. The Morgan fingerprint density at radius 2 is 1.82 bits per heavy atom. The van der Waals surface area contributed by atoms with Crippen molar-refractivity contribution in [3.63, 3.8) is 0 Å². The van der Waals surface area contributed by atoms with Gasteiger partial charge in [-0.3, -0.25) is 4.90 Å². The number of hydrogen-bond acceptors (Lipinski definition) is 6. The summed E-state index contributed by atoms with van der Waals surface area (Å²) in [6.45, 7) is 7.50. The molecule has 2 aliphatic heterocycles. The van der Waals surface area contributed by atoms with E-state index in [-0.39, 0.29) is 19.0 Å². The highest BCUT2D eigenvalue weighted by Crippen LogP contribution is 2.29. The summed E-state index contributed by atoms with van der Waals surface area (Å²) >= 11 is 0. The molecule has 2 N–H and O–H groups in total. The Bertz CT molecular complexity index is 948. The fraction of sp³-hybridized carbons (Fsp3) is 0.538. The van der Waals surface area contributed by atoms with E-state index in [1.807, 2.05) is 0 Å². The number of ether oxygens (including phenoxy) is 2. The molecule has 0 saturated carbocycles. The largest absolute Gasteiger partial charge is 0.490 e. The molecule has 1 atom stereocenters. The molecule has 1 unspecified atom stereocenters. The van der Waals surface area contributed by atoms with E-state index in [4.69, 9.17) is 9.47 Å². The van der Waals surface area contributed by atoms with E-state index < -0.39 is 11.2 Å². The minimum Gasteiger partial charge on any atom is -0.490 e. The van der Waals surface area contributed by atoms with Gasteiger partial charge in [-0.2, -0.15) is 0 Å². The van der Waals surface area contributed by atoms with Gasteiger partial charge < -0.3 is 24.6 Å². The topological polar surface area (TPSA) is 65.4 Å². The van der Waals surface area contributed by atoms with Gasteiger partial charge in [0.15, 0.2) is 0 Å². The number of benzene rings is 2. The van der Waals surface area contributed by atoms with Crippen LogP contribution in [0.25, 0.3) is 0 Å². The molecule has 0 aliphatic carbocycles. The Morgan fingerprint density at radius 1 is 1.03 bits per heavy atom. The summed E-state index contributed by atoms with van der Waals surface area (Å²) in [5, 5.41) is 22.5.